The largest absolute Gasteiger partial charge is 0.382 e. The van der Waals surface area contributed by atoms with Crippen LogP contribution in [-0.2, 0) is 0 Å². The summed E-state index contributed by atoms with van der Waals surface area (Å²) in [6.07, 6.45) is 3.44. The van der Waals surface area contributed by atoms with Crippen LogP contribution in [-0.4, -0.2) is 30.5 Å². The molecule has 0 bridgehead atoms. The summed E-state index contributed by atoms with van der Waals surface area (Å²) in [5, 5.41) is 3.95. The Morgan fingerprint density at radius 1 is 1.48 bits per heavy atom. The fourth-order valence-electron chi connectivity index (χ4n) is 3.04. The maximum atomic E-state index is 12.4. The fourth-order valence-corrected chi connectivity index (χ4v) is 3.96. The average Bonchev–Trinajstić information content (AvgIpc) is 3.02. The number of nitrogens with zero attached hydrogens (tertiary/aromatic N) is 2. The second-order valence-electron chi connectivity index (χ2n) is 5.91. The van der Waals surface area contributed by atoms with Crippen molar-refractivity contribution in [2.45, 2.75) is 46.1 Å². The third-order valence-electron chi connectivity index (χ3n) is 4.72. The van der Waals surface area contributed by atoms with Gasteiger partial charge >= 0.3 is 0 Å². The average molecular weight is 310 g/mol. The number of anilines is 2. The van der Waals surface area contributed by atoms with Gasteiger partial charge in [-0.25, -0.2) is 4.98 Å². The molecule has 118 valence electrons. The van der Waals surface area contributed by atoms with Gasteiger partial charge in [0.05, 0.1) is 0 Å². The van der Waals surface area contributed by atoms with Gasteiger partial charge in [0.25, 0.3) is 5.91 Å². The van der Waals surface area contributed by atoms with Crippen molar-refractivity contribution in [1.29, 1.82) is 0 Å². The molecule has 2 rings (SSSR count). The Bertz CT molecular complexity index is 502. The first-order valence-electron chi connectivity index (χ1n) is 7.76. The molecule has 0 aliphatic heterocycles. The molecule has 6 heteroatoms. The number of carbonyl (C=O) groups is 1. The van der Waals surface area contributed by atoms with E-state index in [0.29, 0.717) is 16.6 Å². The third kappa shape index (κ3) is 3.31. The number of carbonyl (C=O) groups excluding carboxylic acids is 1. The highest BCUT2D eigenvalue weighted by Crippen LogP contribution is 2.34. The van der Waals surface area contributed by atoms with Crippen molar-refractivity contribution in [3.05, 3.63) is 4.88 Å². The van der Waals surface area contributed by atoms with E-state index < -0.39 is 0 Å². The normalized spacial score (nSPS) is 25.0. The van der Waals surface area contributed by atoms with E-state index in [1.165, 1.54) is 24.2 Å². The summed E-state index contributed by atoms with van der Waals surface area (Å²) in [6.45, 7) is 7.34. The van der Waals surface area contributed by atoms with Crippen molar-refractivity contribution in [3.8, 4) is 0 Å². The molecule has 1 aromatic heterocycles. The monoisotopic (exact) mass is 310 g/mol. The summed E-state index contributed by atoms with van der Waals surface area (Å²) >= 11 is 1.37. The van der Waals surface area contributed by atoms with Gasteiger partial charge in [0, 0.05) is 19.6 Å². The van der Waals surface area contributed by atoms with Gasteiger partial charge < -0.3 is 16.0 Å². The zero-order valence-corrected chi connectivity index (χ0v) is 14.2. The molecule has 1 amide bonds. The van der Waals surface area contributed by atoms with Crippen LogP contribution in [0.5, 0.6) is 0 Å². The minimum absolute atomic E-state index is 0.0747. The number of hydrogen-bond acceptors (Lipinski definition) is 5. The zero-order chi connectivity index (χ0) is 15.6. The second-order valence-corrected chi connectivity index (χ2v) is 6.89. The lowest BCUT2D eigenvalue weighted by atomic mass is 9.93. The maximum absolute atomic E-state index is 12.4. The number of nitrogen functional groups attached to an aromatic ring is 1. The molecule has 1 fully saturated rings. The Morgan fingerprint density at radius 2 is 2.19 bits per heavy atom. The van der Waals surface area contributed by atoms with Crippen molar-refractivity contribution >= 4 is 28.2 Å². The number of aromatic nitrogens is 1. The lowest BCUT2D eigenvalue weighted by Gasteiger charge is -2.20. The van der Waals surface area contributed by atoms with E-state index in [0.717, 1.165) is 24.0 Å². The highest BCUT2D eigenvalue weighted by Gasteiger charge is 2.33. The summed E-state index contributed by atoms with van der Waals surface area (Å²) in [4.78, 5) is 19.3. The van der Waals surface area contributed by atoms with Crippen LogP contribution in [0.1, 0.15) is 49.7 Å². The third-order valence-corrected chi connectivity index (χ3v) is 5.90. The molecule has 3 atom stereocenters. The molecule has 1 aliphatic carbocycles. The molecule has 5 nitrogen and oxygen atoms in total. The van der Waals surface area contributed by atoms with Gasteiger partial charge in [-0.05, 0) is 31.6 Å². The van der Waals surface area contributed by atoms with Crippen LogP contribution in [0, 0.1) is 11.8 Å². The molecule has 1 aliphatic rings. The first-order valence-corrected chi connectivity index (χ1v) is 8.57. The molecular formula is C15H26N4OS. The van der Waals surface area contributed by atoms with E-state index in [9.17, 15) is 4.79 Å². The van der Waals surface area contributed by atoms with Crippen LogP contribution in [0.15, 0.2) is 0 Å². The molecule has 0 aromatic carbocycles. The van der Waals surface area contributed by atoms with Crippen molar-refractivity contribution in [3.63, 3.8) is 0 Å². The smallest absolute Gasteiger partial charge is 0.265 e. The van der Waals surface area contributed by atoms with E-state index in [2.05, 4.69) is 24.1 Å². The summed E-state index contributed by atoms with van der Waals surface area (Å²) in [7, 11) is 1.95. The Kier molecular flexibility index (Phi) is 5.08. The topological polar surface area (TPSA) is 71.2 Å². The van der Waals surface area contributed by atoms with Crippen LogP contribution in [0.4, 0.5) is 10.9 Å². The number of amides is 1. The Morgan fingerprint density at radius 3 is 2.76 bits per heavy atom. The van der Waals surface area contributed by atoms with Crippen molar-refractivity contribution in [2.24, 2.45) is 11.8 Å². The minimum Gasteiger partial charge on any atom is -0.382 e. The number of thiazole rings is 1. The number of nitrogens with two attached hydrogens (primary N) is 1. The van der Waals surface area contributed by atoms with Crippen LogP contribution in [0.3, 0.4) is 0 Å². The SMILES string of the molecule is CCC1CCC(NC(=O)c2sc(N(C)CC)nc2N)C1C. The van der Waals surface area contributed by atoms with Gasteiger partial charge in [-0.3, -0.25) is 4.79 Å². The standard InChI is InChI=1S/C15H26N4OS/c1-5-10-7-8-11(9(10)3)17-14(20)12-13(16)18-15(21-12)19(4)6-2/h9-11H,5-8,16H2,1-4H3,(H,17,20). The van der Waals surface area contributed by atoms with E-state index in [4.69, 9.17) is 5.73 Å². The molecular weight excluding hydrogens is 284 g/mol. The number of hydrogen-bond donors (Lipinski definition) is 2. The van der Waals surface area contributed by atoms with Gasteiger partial charge in [-0.2, -0.15) is 0 Å². The number of rotatable bonds is 5. The second kappa shape index (κ2) is 6.64. The molecule has 1 saturated carbocycles. The molecule has 0 saturated heterocycles. The van der Waals surface area contributed by atoms with Gasteiger partial charge in [0.2, 0.25) is 0 Å². The first-order chi connectivity index (χ1) is 9.97. The fraction of sp³-hybridized carbons (Fsp3) is 0.733. The van der Waals surface area contributed by atoms with E-state index in [-0.39, 0.29) is 11.9 Å². The molecule has 21 heavy (non-hydrogen) atoms. The Labute approximate surface area is 130 Å². The zero-order valence-electron chi connectivity index (χ0n) is 13.3. The van der Waals surface area contributed by atoms with E-state index >= 15 is 0 Å². The summed E-state index contributed by atoms with van der Waals surface area (Å²) < 4.78 is 0. The molecule has 1 heterocycles. The Balaban J connectivity index is 2.06. The minimum atomic E-state index is -0.0747. The van der Waals surface area contributed by atoms with Gasteiger partial charge in [0.15, 0.2) is 5.13 Å². The predicted molar refractivity (Wildman–Crippen MR) is 88.9 cm³/mol. The van der Waals surface area contributed by atoms with Gasteiger partial charge in [-0.15, -0.1) is 0 Å². The van der Waals surface area contributed by atoms with E-state index in [1.807, 2.05) is 18.9 Å². The van der Waals surface area contributed by atoms with Crippen molar-refractivity contribution in [2.75, 3.05) is 24.2 Å². The quantitative estimate of drug-likeness (QED) is 0.877. The van der Waals surface area contributed by atoms with Crippen LogP contribution < -0.4 is 16.0 Å². The first kappa shape index (κ1) is 16.1. The lowest BCUT2D eigenvalue weighted by Crippen LogP contribution is -2.37. The summed E-state index contributed by atoms with van der Waals surface area (Å²) in [5.74, 6) is 1.52. The highest BCUT2D eigenvalue weighted by atomic mass is 32.1. The summed E-state index contributed by atoms with van der Waals surface area (Å²) in [6, 6.07) is 0.260. The predicted octanol–water partition coefficient (Wildman–Crippen LogP) is 2.74. The molecule has 3 unspecified atom stereocenters. The van der Waals surface area contributed by atoms with Crippen LogP contribution in [0.25, 0.3) is 0 Å². The Hall–Kier alpha value is -1.30. The van der Waals surface area contributed by atoms with E-state index in [1.54, 1.807) is 0 Å². The molecule has 0 spiro atoms. The maximum Gasteiger partial charge on any atom is 0.265 e. The van der Waals surface area contributed by atoms with Crippen LogP contribution in [0.2, 0.25) is 0 Å². The van der Waals surface area contributed by atoms with Crippen LogP contribution >= 0.6 is 11.3 Å². The van der Waals surface area contributed by atoms with Crippen molar-refractivity contribution < 1.29 is 4.79 Å². The summed E-state index contributed by atoms with van der Waals surface area (Å²) in [5.41, 5.74) is 5.91. The van der Waals surface area contributed by atoms with Gasteiger partial charge in [-0.1, -0.05) is 31.6 Å². The number of nitrogens with one attached hydrogen (secondary N) is 1. The molecule has 0 radical (unpaired) electrons. The molecule has 1 aromatic rings. The molecule has 3 N–H and O–H groups in total. The van der Waals surface area contributed by atoms with Gasteiger partial charge in [0.1, 0.15) is 10.7 Å². The highest BCUT2D eigenvalue weighted by molar-refractivity contribution is 7.18. The van der Waals surface area contributed by atoms with Crippen molar-refractivity contribution in [1.82, 2.24) is 10.3 Å². The lowest BCUT2D eigenvalue weighted by molar-refractivity contribution is 0.0931.